The van der Waals surface area contributed by atoms with Crippen molar-refractivity contribution in [3.63, 3.8) is 0 Å². The van der Waals surface area contributed by atoms with Gasteiger partial charge in [-0.05, 0) is 79.8 Å². The zero-order valence-corrected chi connectivity index (χ0v) is 21.4. The van der Waals surface area contributed by atoms with E-state index in [0.717, 1.165) is 33.3 Å². The Labute approximate surface area is 211 Å². The third-order valence-electron chi connectivity index (χ3n) is 6.66. The summed E-state index contributed by atoms with van der Waals surface area (Å²) < 4.78 is 10.2. The van der Waals surface area contributed by atoms with Crippen LogP contribution in [0.3, 0.4) is 0 Å². The molecule has 0 unspecified atom stereocenters. The van der Waals surface area contributed by atoms with Crippen LogP contribution in [0.2, 0.25) is 0 Å². The molecule has 36 heavy (non-hydrogen) atoms. The molecule has 0 saturated heterocycles. The highest BCUT2D eigenvalue weighted by molar-refractivity contribution is 5.83. The van der Waals surface area contributed by atoms with Gasteiger partial charge >= 0.3 is 5.69 Å². The highest BCUT2D eigenvalue weighted by Crippen LogP contribution is 2.36. The molecule has 0 radical (unpaired) electrons. The highest BCUT2D eigenvalue weighted by atomic mass is 16.5. The van der Waals surface area contributed by atoms with Crippen LogP contribution >= 0.6 is 0 Å². The molecule has 184 valence electrons. The molecule has 6 heteroatoms. The summed E-state index contributed by atoms with van der Waals surface area (Å²) in [5, 5.41) is 8.21. The smallest absolute Gasteiger partial charge is 0.348 e. The molecule has 3 aromatic carbocycles. The molecular formula is C30H32N4O2. The fourth-order valence-electron chi connectivity index (χ4n) is 4.81. The number of hydrogen-bond donors (Lipinski definition) is 1. The van der Waals surface area contributed by atoms with Crippen molar-refractivity contribution in [2.75, 3.05) is 0 Å². The van der Waals surface area contributed by atoms with Crippen LogP contribution in [-0.2, 0) is 6.61 Å². The first-order chi connectivity index (χ1) is 17.3. The summed E-state index contributed by atoms with van der Waals surface area (Å²) in [6.45, 7) is 11.2. The Morgan fingerprint density at radius 1 is 0.972 bits per heavy atom. The molecule has 2 aromatic heterocycles. The van der Waals surface area contributed by atoms with Gasteiger partial charge in [0.15, 0.2) is 5.82 Å². The Balaban J connectivity index is 1.64. The number of hydrogen-bond acceptors (Lipinski definition) is 3. The number of nitrogens with zero attached hydrogens (tertiary/aromatic N) is 3. The minimum Gasteiger partial charge on any atom is -0.488 e. The maximum atomic E-state index is 13.0. The zero-order valence-electron chi connectivity index (χ0n) is 21.4. The third kappa shape index (κ3) is 4.35. The van der Waals surface area contributed by atoms with Crippen LogP contribution in [0, 0.1) is 6.92 Å². The molecule has 1 N–H and O–H groups in total. The number of nitrogens with one attached hydrogen (secondary N) is 1. The average Bonchev–Trinajstić information content (AvgIpc) is 3.46. The van der Waals surface area contributed by atoms with Gasteiger partial charge < -0.3 is 9.30 Å². The first-order valence-electron chi connectivity index (χ1n) is 12.4. The first-order valence-corrected chi connectivity index (χ1v) is 12.4. The van der Waals surface area contributed by atoms with Crippen molar-refractivity contribution >= 4 is 10.9 Å². The van der Waals surface area contributed by atoms with Gasteiger partial charge in [0.2, 0.25) is 0 Å². The van der Waals surface area contributed by atoms with E-state index in [1.165, 1.54) is 5.56 Å². The third-order valence-corrected chi connectivity index (χ3v) is 6.66. The molecule has 0 atom stereocenters. The van der Waals surface area contributed by atoms with Gasteiger partial charge in [0.05, 0.1) is 11.3 Å². The van der Waals surface area contributed by atoms with Gasteiger partial charge in [0, 0.05) is 23.1 Å². The minimum atomic E-state index is -0.284. The number of aryl methyl sites for hydroxylation is 1. The van der Waals surface area contributed by atoms with E-state index in [0.29, 0.717) is 30.1 Å². The lowest BCUT2D eigenvalue weighted by Crippen LogP contribution is -2.16. The predicted molar refractivity (Wildman–Crippen MR) is 145 cm³/mol. The second-order valence-electron chi connectivity index (χ2n) is 9.88. The molecule has 0 saturated carbocycles. The summed E-state index contributed by atoms with van der Waals surface area (Å²) in [5.74, 6) is 1.55. The van der Waals surface area contributed by atoms with Crippen LogP contribution in [0.4, 0.5) is 0 Å². The van der Waals surface area contributed by atoms with E-state index in [-0.39, 0.29) is 5.69 Å². The molecule has 5 rings (SSSR count). The molecule has 0 aliphatic rings. The van der Waals surface area contributed by atoms with Crippen LogP contribution in [0.15, 0.2) is 77.7 Å². The van der Waals surface area contributed by atoms with Crippen LogP contribution in [0.5, 0.6) is 5.75 Å². The molecule has 6 nitrogen and oxygen atoms in total. The van der Waals surface area contributed by atoms with Crippen molar-refractivity contribution in [3.8, 4) is 22.8 Å². The largest absolute Gasteiger partial charge is 0.488 e. The molecular weight excluding hydrogens is 448 g/mol. The molecule has 2 heterocycles. The van der Waals surface area contributed by atoms with Crippen molar-refractivity contribution in [3.05, 3.63) is 100 Å². The van der Waals surface area contributed by atoms with Crippen molar-refractivity contribution in [1.29, 1.82) is 0 Å². The zero-order chi connectivity index (χ0) is 25.4. The van der Waals surface area contributed by atoms with E-state index in [9.17, 15) is 4.79 Å². The van der Waals surface area contributed by atoms with Gasteiger partial charge in [0.1, 0.15) is 12.4 Å². The number of rotatable bonds is 7. The summed E-state index contributed by atoms with van der Waals surface area (Å²) in [5.41, 5.74) is 5.83. The lowest BCUT2D eigenvalue weighted by molar-refractivity contribution is 0.307. The Hall–Kier alpha value is -4.06. The summed E-state index contributed by atoms with van der Waals surface area (Å²) in [6.07, 6.45) is 2.09. The Morgan fingerprint density at radius 2 is 1.75 bits per heavy atom. The first kappa shape index (κ1) is 23.7. The number of aromatic nitrogens is 4. The summed E-state index contributed by atoms with van der Waals surface area (Å²) >= 11 is 0. The molecule has 0 fully saturated rings. The van der Waals surface area contributed by atoms with Gasteiger partial charge in [0.25, 0.3) is 0 Å². The summed E-state index contributed by atoms with van der Waals surface area (Å²) in [7, 11) is 0. The number of ether oxygens (including phenoxy) is 1. The van der Waals surface area contributed by atoms with Gasteiger partial charge in [-0.3, -0.25) is 0 Å². The fourth-order valence-corrected chi connectivity index (χ4v) is 4.81. The van der Waals surface area contributed by atoms with Crippen LogP contribution in [0.1, 0.15) is 56.3 Å². The lowest BCUT2D eigenvalue weighted by Gasteiger charge is -2.18. The Kier molecular flexibility index (Phi) is 6.27. The average molecular weight is 481 g/mol. The normalized spacial score (nSPS) is 11.6. The van der Waals surface area contributed by atoms with E-state index in [1.54, 1.807) is 4.57 Å². The number of benzene rings is 3. The topological polar surface area (TPSA) is 64.8 Å². The van der Waals surface area contributed by atoms with Crippen LogP contribution < -0.4 is 10.4 Å². The SMILES string of the molecule is Cc1cc(OCc2ccccc2)c(-c2n[nH]c(=O)n2-c2ccc3c(ccn3C(C)C)c2)cc1C(C)C. The molecule has 0 bridgehead atoms. The van der Waals surface area contributed by atoms with Crippen molar-refractivity contribution in [1.82, 2.24) is 19.3 Å². The maximum Gasteiger partial charge on any atom is 0.348 e. The number of aromatic amines is 1. The predicted octanol–water partition coefficient (Wildman–Crippen LogP) is 6.77. The van der Waals surface area contributed by atoms with Gasteiger partial charge in [-0.15, -0.1) is 0 Å². The van der Waals surface area contributed by atoms with E-state index >= 15 is 0 Å². The van der Waals surface area contributed by atoms with E-state index in [4.69, 9.17) is 4.74 Å². The maximum absolute atomic E-state index is 13.0. The van der Waals surface area contributed by atoms with Gasteiger partial charge in [-0.2, -0.15) is 5.10 Å². The number of H-pyrrole nitrogens is 1. The van der Waals surface area contributed by atoms with Crippen LogP contribution in [-0.4, -0.2) is 19.3 Å². The lowest BCUT2D eigenvalue weighted by atomic mass is 9.95. The summed E-state index contributed by atoms with van der Waals surface area (Å²) in [6, 6.07) is 22.8. The number of fused-ring (bicyclic) bond motifs is 1. The highest BCUT2D eigenvalue weighted by Gasteiger charge is 2.20. The van der Waals surface area contributed by atoms with Gasteiger partial charge in [-0.1, -0.05) is 44.2 Å². The van der Waals surface area contributed by atoms with E-state index < -0.39 is 0 Å². The van der Waals surface area contributed by atoms with Crippen molar-refractivity contribution in [2.24, 2.45) is 0 Å². The van der Waals surface area contributed by atoms with Crippen molar-refractivity contribution < 1.29 is 4.74 Å². The fraction of sp³-hybridized carbons (Fsp3) is 0.267. The quantitative estimate of drug-likeness (QED) is 0.279. The molecule has 0 aliphatic carbocycles. The summed E-state index contributed by atoms with van der Waals surface area (Å²) in [4.78, 5) is 13.0. The second kappa shape index (κ2) is 9.53. The van der Waals surface area contributed by atoms with Crippen LogP contribution in [0.25, 0.3) is 28.0 Å². The Morgan fingerprint density at radius 3 is 2.47 bits per heavy atom. The standard InChI is InChI=1S/C30H32N4O2/c1-19(2)25-17-26(28(15-21(25)5)36-18-22-9-7-6-8-10-22)29-31-32-30(35)34(29)24-11-12-27-23(16-24)13-14-33(27)20(3)4/h6-17,19-20H,18H2,1-5H3,(H,32,35). The molecule has 0 aliphatic heterocycles. The van der Waals surface area contributed by atoms with Crippen molar-refractivity contribution in [2.45, 2.75) is 53.2 Å². The monoisotopic (exact) mass is 480 g/mol. The molecule has 5 aromatic rings. The molecule has 0 amide bonds. The van der Waals surface area contributed by atoms with E-state index in [2.05, 4.69) is 79.8 Å². The second-order valence-corrected chi connectivity index (χ2v) is 9.88. The Bertz CT molecular complexity index is 1570. The molecule has 0 spiro atoms. The minimum absolute atomic E-state index is 0.284. The van der Waals surface area contributed by atoms with E-state index in [1.807, 2.05) is 42.5 Å². The van der Waals surface area contributed by atoms with Gasteiger partial charge in [-0.25, -0.2) is 14.5 Å².